The Kier molecular flexibility index (Phi) is 2.47. The zero-order valence-corrected chi connectivity index (χ0v) is 10.2. The quantitative estimate of drug-likeness (QED) is 0.520. The Bertz CT molecular complexity index is 259. The van der Waals surface area contributed by atoms with Crippen LogP contribution in [0.15, 0.2) is 12.2 Å². The van der Waals surface area contributed by atoms with Crippen LogP contribution >= 0.6 is 12.0 Å². The van der Waals surface area contributed by atoms with Crippen LogP contribution in [-0.2, 0) is 4.18 Å². The van der Waals surface area contributed by atoms with Gasteiger partial charge in [-0.25, -0.2) is 0 Å². The van der Waals surface area contributed by atoms with Crippen LogP contribution in [0.1, 0.15) is 40.0 Å². The summed E-state index contributed by atoms with van der Waals surface area (Å²) < 4.78 is 5.81. The van der Waals surface area contributed by atoms with E-state index in [1.54, 1.807) is 12.0 Å². The summed E-state index contributed by atoms with van der Waals surface area (Å²) in [6.07, 6.45) is 3.90. The third kappa shape index (κ3) is 1.27. The number of rotatable bonds is 3. The van der Waals surface area contributed by atoms with Crippen molar-refractivity contribution >= 4 is 12.0 Å². The smallest absolute Gasteiger partial charge is 0.0636 e. The van der Waals surface area contributed by atoms with Crippen molar-refractivity contribution in [1.82, 2.24) is 0 Å². The third-order valence-corrected chi connectivity index (χ3v) is 5.45. The molecule has 2 rings (SSSR count). The fourth-order valence-corrected chi connectivity index (χ4v) is 4.21. The fourth-order valence-electron chi connectivity index (χ4n) is 3.03. The normalized spacial score (nSPS) is 39.4. The standard InChI is InChI=1S/C12H20OS/c1-5-13-14-12-7-6-10(8-12)11(3,4)9(12)2/h10H,2,5-8H2,1,3-4H3/t10-,12-/m1/s1. The molecule has 2 atom stereocenters. The van der Waals surface area contributed by atoms with Crippen molar-refractivity contribution in [2.75, 3.05) is 6.61 Å². The highest BCUT2D eigenvalue weighted by Gasteiger charge is 2.58. The molecule has 0 aromatic carbocycles. The highest BCUT2D eigenvalue weighted by molar-refractivity contribution is 7.96. The van der Waals surface area contributed by atoms with Gasteiger partial charge in [-0.2, -0.15) is 0 Å². The minimum absolute atomic E-state index is 0.254. The topological polar surface area (TPSA) is 9.23 Å². The number of hydrogen-bond donors (Lipinski definition) is 0. The molecule has 0 saturated heterocycles. The Morgan fingerprint density at radius 1 is 1.57 bits per heavy atom. The molecular weight excluding hydrogens is 192 g/mol. The molecule has 0 aromatic heterocycles. The minimum atomic E-state index is 0.254. The van der Waals surface area contributed by atoms with Crippen LogP contribution in [0.3, 0.4) is 0 Å². The van der Waals surface area contributed by atoms with E-state index in [4.69, 9.17) is 4.18 Å². The number of hydrogen-bond acceptors (Lipinski definition) is 2. The second kappa shape index (κ2) is 3.28. The summed E-state index contributed by atoms with van der Waals surface area (Å²) in [5.74, 6) is 0.836. The summed E-state index contributed by atoms with van der Waals surface area (Å²) in [6.45, 7) is 11.8. The maximum atomic E-state index is 5.56. The van der Waals surface area contributed by atoms with Crippen molar-refractivity contribution in [3.63, 3.8) is 0 Å². The Morgan fingerprint density at radius 3 is 2.79 bits per heavy atom. The van der Waals surface area contributed by atoms with Gasteiger partial charge in [-0.05, 0) is 37.5 Å². The maximum Gasteiger partial charge on any atom is 0.0636 e. The van der Waals surface area contributed by atoms with E-state index in [2.05, 4.69) is 27.4 Å². The second-order valence-corrected chi connectivity index (χ2v) is 6.31. The molecule has 0 unspecified atom stereocenters. The van der Waals surface area contributed by atoms with Crippen molar-refractivity contribution in [2.24, 2.45) is 11.3 Å². The van der Waals surface area contributed by atoms with Crippen molar-refractivity contribution in [1.29, 1.82) is 0 Å². The Hall–Kier alpha value is 0.0500. The molecule has 14 heavy (non-hydrogen) atoms. The van der Waals surface area contributed by atoms with Crippen LogP contribution < -0.4 is 0 Å². The largest absolute Gasteiger partial charge is 0.315 e. The van der Waals surface area contributed by atoms with Gasteiger partial charge < -0.3 is 4.18 Å². The molecule has 2 aliphatic rings. The predicted molar refractivity (Wildman–Crippen MR) is 62.2 cm³/mol. The molecule has 0 aliphatic heterocycles. The van der Waals surface area contributed by atoms with Gasteiger partial charge in [0, 0.05) is 12.0 Å². The fraction of sp³-hybridized carbons (Fsp3) is 0.833. The lowest BCUT2D eigenvalue weighted by molar-refractivity contribution is 0.289. The molecule has 2 fully saturated rings. The van der Waals surface area contributed by atoms with Crippen LogP contribution in [-0.4, -0.2) is 11.4 Å². The number of fused-ring (bicyclic) bond motifs is 2. The van der Waals surface area contributed by atoms with Gasteiger partial charge in [0.1, 0.15) is 0 Å². The first-order valence-corrected chi connectivity index (χ1v) is 6.27. The lowest BCUT2D eigenvalue weighted by Gasteiger charge is -2.36. The second-order valence-electron chi connectivity index (χ2n) is 5.12. The van der Waals surface area contributed by atoms with Crippen molar-refractivity contribution < 1.29 is 4.18 Å². The van der Waals surface area contributed by atoms with Gasteiger partial charge in [-0.3, -0.25) is 0 Å². The van der Waals surface area contributed by atoms with E-state index in [-0.39, 0.29) is 4.75 Å². The third-order valence-electron chi connectivity index (χ3n) is 4.16. The molecule has 2 heteroatoms. The first-order chi connectivity index (χ1) is 6.53. The van der Waals surface area contributed by atoms with Crippen LogP contribution in [0, 0.1) is 11.3 Å². The maximum absolute atomic E-state index is 5.56. The SMILES string of the molecule is C=C1C(C)(C)[C@@H]2CC[C@@]1(SOCC)C2. The molecule has 0 N–H and O–H groups in total. The summed E-state index contributed by atoms with van der Waals surface area (Å²) in [5.41, 5.74) is 1.75. The first-order valence-electron chi connectivity index (χ1n) is 5.53. The van der Waals surface area contributed by atoms with Gasteiger partial charge in [0.25, 0.3) is 0 Å². The van der Waals surface area contributed by atoms with Crippen LogP contribution in [0.5, 0.6) is 0 Å². The van der Waals surface area contributed by atoms with E-state index < -0.39 is 0 Å². The predicted octanol–water partition coefficient (Wildman–Crippen LogP) is 3.81. The highest BCUT2D eigenvalue weighted by Crippen LogP contribution is 2.65. The van der Waals surface area contributed by atoms with Crippen molar-refractivity contribution in [2.45, 2.75) is 44.8 Å². The molecule has 80 valence electrons. The summed E-state index contributed by atoms with van der Waals surface area (Å²) >= 11 is 1.68. The van der Waals surface area contributed by atoms with E-state index in [1.807, 2.05) is 0 Å². The van der Waals surface area contributed by atoms with Crippen LogP contribution in [0.25, 0.3) is 0 Å². The summed E-state index contributed by atoms with van der Waals surface area (Å²) in [7, 11) is 0. The minimum Gasteiger partial charge on any atom is -0.315 e. The van der Waals surface area contributed by atoms with E-state index in [0.717, 1.165) is 12.5 Å². The summed E-state index contributed by atoms with van der Waals surface area (Å²) in [5, 5.41) is 0. The Balaban J connectivity index is 2.18. The monoisotopic (exact) mass is 212 g/mol. The van der Waals surface area contributed by atoms with E-state index in [0.29, 0.717) is 5.41 Å². The van der Waals surface area contributed by atoms with Gasteiger partial charge in [0.05, 0.1) is 11.4 Å². The van der Waals surface area contributed by atoms with Crippen LogP contribution in [0.2, 0.25) is 0 Å². The molecule has 0 aromatic rings. The lowest BCUT2D eigenvalue weighted by Crippen LogP contribution is -2.29. The lowest BCUT2D eigenvalue weighted by atomic mass is 9.73. The summed E-state index contributed by atoms with van der Waals surface area (Å²) in [4.78, 5) is 0. The molecule has 0 spiro atoms. The zero-order chi connectivity index (χ0) is 10.4. The average Bonchev–Trinajstić information content (AvgIpc) is 2.65. The Labute approximate surface area is 91.5 Å². The first kappa shape index (κ1) is 10.6. The Morgan fingerprint density at radius 2 is 2.29 bits per heavy atom. The molecule has 1 nitrogen and oxygen atoms in total. The van der Waals surface area contributed by atoms with Gasteiger partial charge >= 0.3 is 0 Å². The molecule has 2 saturated carbocycles. The van der Waals surface area contributed by atoms with Crippen molar-refractivity contribution in [3.05, 3.63) is 12.2 Å². The molecule has 0 amide bonds. The van der Waals surface area contributed by atoms with Gasteiger partial charge in [-0.1, -0.05) is 26.0 Å². The van der Waals surface area contributed by atoms with Crippen molar-refractivity contribution in [3.8, 4) is 0 Å². The van der Waals surface area contributed by atoms with Gasteiger partial charge in [-0.15, -0.1) is 0 Å². The van der Waals surface area contributed by atoms with E-state index in [1.165, 1.54) is 24.8 Å². The molecule has 0 radical (unpaired) electrons. The zero-order valence-electron chi connectivity index (χ0n) is 9.43. The van der Waals surface area contributed by atoms with Gasteiger partial charge in [0.2, 0.25) is 0 Å². The molecular formula is C12H20OS. The molecule has 2 bridgehead atoms. The highest BCUT2D eigenvalue weighted by atomic mass is 32.2. The van der Waals surface area contributed by atoms with Gasteiger partial charge in [0.15, 0.2) is 0 Å². The van der Waals surface area contributed by atoms with E-state index in [9.17, 15) is 0 Å². The molecule has 2 aliphatic carbocycles. The molecule has 0 heterocycles. The van der Waals surface area contributed by atoms with E-state index >= 15 is 0 Å². The average molecular weight is 212 g/mol. The van der Waals surface area contributed by atoms with Crippen LogP contribution in [0.4, 0.5) is 0 Å². The summed E-state index contributed by atoms with van der Waals surface area (Å²) in [6, 6.07) is 0.